The molecule has 0 radical (unpaired) electrons. The highest BCUT2D eigenvalue weighted by molar-refractivity contribution is 6.22. The fourth-order valence-electron chi connectivity index (χ4n) is 7.79. The number of nitrogens with zero attached hydrogens (tertiary/aromatic N) is 1. The van der Waals surface area contributed by atoms with Crippen LogP contribution >= 0.6 is 0 Å². The van der Waals surface area contributed by atoms with E-state index in [1.165, 1.54) is 6.42 Å². The van der Waals surface area contributed by atoms with Crippen LogP contribution in [-0.4, -0.2) is 75.2 Å². The minimum absolute atomic E-state index is 0.00722. The number of para-hydroxylation sites is 1. The third-order valence-corrected chi connectivity index (χ3v) is 11.4. The van der Waals surface area contributed by atoms with E-state index in [0.717, 1.165) is 37.7 Å². The fraction of sp³-hybridized carbons (Fsp3) is 0.511. The second kappa shape index (κ2) is 20.2. The van der Waals surface area contributed by atoms with Gasteiger partial charge in [-0.25, -0.2) is 4.98 Å². The number of carbonyl (C=O) groups is 3. The van der Waals surface area contributed by atoms with Crippen LogP contribution in [0.3, 0.4) is 0 Å². The molecule has 1 saturated carbocycles. The topological polar surface area (TPSA) is 203 Å². The molecule has 12 nitrogen and oxygen atoms in total. The van der Waals surface area contributed by atoms with Crippen LogP contribution < -0.4 is 26.3 Å². The number of imidazole rings is 1. The number of nitrogens with two attached hydrogens (primary N) is 2. The van der Waals surface area contributed by atoms with Gasteiger partial charge in [-0.2, -0.15) is 0 Å². The second-order valence-electron chi connectivity index (χ2n) is 16.1. The predicted octanol–water partition coefficient (Wildman–Crippen LogP) is 6.02. The van der Waals surface area contributed by atoms with Crippen LogP contribution in [0.2, 0.25) is 0 Å². The molecule has 1 heterocycles. The number of Topliss-reactive ketones (excluding diaryl/α,β-unsaturated/α-hetero) is 1. The van der Waals surface area contributed by atoms with Crippen molar-refractivity contribution in [2.45, 2.75) is 110 Å². The Kier molecular flexibility index (Phi) is 15.4. The van der Waals surface area contributed by atoms with Crippen molar-refractivity contribution in [3.63, 3.8) is 0 Å². The quantitative estimate of drug-likeness (QED) is 0.0454. The average Bonchev–Trinajstić information content (AvgIpc) is 3.64. The maximum absolute atomic E-state index is 14.9. The highest BCUT2D eigenvalue weighted by Gasteiger charge is 2.40. The Morgan fingerprint density at radius 1 is 0.912 bits per heavy atom. The molecule has 1 aliphatic rings. The molecule has 1 aromatic heterocycles. The number of amides is 1. The van der Waals surface area contributed by atoms with E-state index in [1.54, 1.807) is 44.2 Å². The van der Waals surface area contributed by atoms with Gasteiger partial charge in [0.15, 0.2) is 11.6 Å². The lowest BCUT2D eigenvalue weighted by atomic mass is 9.77. The van der Waals surface area contributed by atoms with Gasteiger partial charge in [0.2, 0.25) is 5.91 Å². The van der Waals surface area contributed by atoms with Gasteiger partial charge >= 0.3 is 0 Å². The van der Waals surface area contributed by atoms with E-state index < -0.39 is 47.7 Å². The van der Waals surface area contributed by atoms with Gasteiger partial charge in [0, 0.05) is 11.6 Å². The number of aryl methyl sites for hydroxylation is 1. The molecule has 1 fully saturated rings. The molecule has 5 rings (SSSR count). The molecule has 0 aliphatic heterocycles. The second-order valence-corrected chi connectivity index (χ2v) is 16.1. The summed E-state index contributed by atoms with van der Waals surface area (Å²) in [6.45, 7) is 9.73. The van der Waals surface area contributed by atoms with E-state index >= 15 is 0 Å². The van der Waals surface area contributed by atoms with E-state index in [0.29, 0.717) is 35.2 Å². The minimum Gasteiger partial charge on any atom is -0.490 e. The Bertz CT molecular complexity index is 1960. The highest BCUT2D eigenvalue weighted by atomic mass is 16.5. The first-order valence-electron chi connectivity index (χ1n) is 20.5. The summed E-state index contributed by atoms with van der Waals surface area (Å²) >= 11 is 0. The van der Waals surface area contributed by atoms with Crippen LogP contribution in [0.15, 0.2) is 60.7 Å². The van der Waals surface area contributed by atoms with Gasteiger partial charge in [-0.05, 0) is 73.1 Å². The summed E-state index contributed by atoms with van der Waals surface area (Å²) in [6.07, 6.45) is 3.91. The zero-order chi connectivity index (χ0) is 41.2. The van der Waals surface area contributed by atoms with E-state index in [2.05, 4.69) is 10.3 Å². The molecule has 308 valence electrons. The average molecular weight is 784 g/mol. The summed E-state index contributed by atoms with van der Waals surface area (Å²) in [5.41, 5.74) is 14.5. The summed E-state index contributed by atoms with van der Waals surface area (Å²) in [4.78, 5) is 50.5. The van der Waals surface area contributed by atoms with Crippen molar-refractivity contribution in [2.75, 3.05) is 13.2 Å². The molecular weight excluding hydrogens is 723 g/mol. The summed E-state index contributed by atoms with van der Waals surface area (Å²) in [7, 11) is 0. The normalized spacial score (nSPS) is 16.7. The Labute approximate surface area is 336 Å². The minimum atomic E-state index is -1.49. The largest absolute Gasteiger partial charge is 0.490 e. The fourth-order valence-corrected chi connectivity index (χ4v) is 7.79. The van der Waals surface area contributed by atoms with E-state index in [1.807, 2.05) is 51.1 Å². The Hall–Kier alpha value is -4.62. The van der Waals surface area contributed by atoms with Gasteiger partial charge in [-0.15, -0.1) is 0 Å². The number of hydrogen-bond donors (Lipinski definition) is 6. The number of aromatic nitrogens is 2. The lowest BCUT2D eigenvalue weighted by Gasteiger charge is -2.34. The van der Waals surface area contributed by atoms with Gasteiger partial charge < -0.3 is 41.5 Å². The van der Waals surface area contributed by atoms with E-state index in [9.17, 15) is 24.6 Å². The number of nitrogens with one attached hydrogen (secondary N) is 2. The van der Waals surface area contributed by atoms with Gasteiger partial charge in [0.1, 0.15) is 36.1 Å². The number of H-pyrrole nitrogens is 1. The SMILES string of the molecule is CC[C@@H](C)[C@@H](N)C(=O)NCc1nc2c(C(=O)c3ccc(C)cc3OCCOc3ccccc3)c(C(=O)C(C(C)C)C(O)[C@H](O)[C@@H](N)CC3CCCCC3)ccc2[nH]1. The molecule has 57 heavy (non-hydrogen) atoms. The summed E-state index contributed by atoms with van der Waals surface area (Å²) in [5, 5.41) is 26.0. The zero-order valence-corrected chi connectivity index (χ0v) is 34.0. The third kappa shape index (κ3) is 10.9. The Morgan fingerprint density at radius 2 is 1.60 bits per heavy atom. The Balaban J connectivity index is 1.51. The van der Waals surface area contributed by atoms with Crippen molar-refractivity contribution >= 4 is 28.5 Å². The number of rotatable bonds is 20. The van der Waals surface area contributed by atoms with Crippen LogP contribution in [-0.2, 0) is 11.3 Å². The molecule has 1 amide bonds. The number of hydrogen-bond acceptors (Lipinski definition) is 10. The number of benzene rings is 3. The molecule has 12 heteroatoms. The number of ether oxygens (including phenoxy) is 2. The summed E-state index contributed by atoms with van der Waals surface area (Å²) in [5.74, 6) is -1.21. The summed E-state index contributed by atoms with van der Waals surface area (Å²) < 4.78 is 12.0. The van der Waals surface area contributed by atoms with Gasteiger partial charge in [0.05, 0.1) is 47.4 Å². The van der Waals surface area contributed by atoms with Gasteiger partial charge in [-0.1, -0.05) is 90.5 Å². The van der Waals surface area contributed by atoms with Crippen molar-refractivity contribution in [3.8, 4) is 11.5 Å². The molecule has 8 N–H and O–H groups in total. The number of aliphatic hydroxyl groups excluding tert-OH is 2. The van der Waals surface area contributed by atoms with Crippen molar-refractivity contribution < 1.29 is 34.1 Å². The Morgan fingerprint density at radius 3 is 2.28 bits per heavy atom. The van der Waals surface area contributed by atoms with Crippen LogP contribution in [0, 0.1) is 30.6 Å². The molecule has 3 aromatic carbocycles. The first-order valence-corrected chi connectivity index (χ1v) is 20.5. The zero-order valence-electron chi connectivity index (χ0n) is 34.0. The standard InChI is InChI=1S/C45H61N5O7/c1-6-28(5)39(47)45(55)48-25-36-49-34-20-19-32(42(52)37(26(2)3)44(54)43(53)33(46)24-29-13-9-7-10-14-29)38(40(34)50-36)41(51)31-18-17-27(4)23-35(31)57-22-21-56-30-15-11-8-12-16-30/h8,11-12,15-20,23,26,28-29,33,37,39,43-44,53-54H,6-7,9-10,13-14,21-22,24-25,46-47H2,1-5H3,(H,48,55)(H,49,50)/t28-,33+,37?,39-,43-,44?/m1/s1. The molecule has 0 spiro atoms. The number of carbonyl (C=O) groups excluding carboxylic acids is 3. The summed E-state index contributed by atoms with van der Waals surface area (Å²) in [6, 6.07) is 16.3. The molecular formula is C45H61N5O7. The van der Waals surface area contributed by atoms with Crippen LogP contribution in [0.5, 0.6) is 11.5 Å². The molecule has 4 aromatic rings. The van der Waals surface area contributed by atoms with E-state index in [-0.39, 0.29) is 53.8 Å². The first-order chi connectivity index (χ1) is 27.3. The molecule has 1 aliphatic carbocycles. The number of aromatic amines is 1. The van der Waals surface area contributed by atoms with Crippen molar-refractivity contribution in [3.05, 3.63) is 88.7 Å². The molecule has 2 unspecified atom stereocenters. The number of aliphatic hydroxyl groups is 2. The predicted molar refractivity (Wildman–Crippen MR) is 221 cm³/mol. The molecule has 6 atom stereocenters. The van der Waals surface area contributed by atoms with Crippen molar-refractivity contribution in [2.24, 2.45) is 35.1 Å². The van der Waals surface area contributed by atoms with Gasteiger partial charge in [-0.3, -0.25) is 14.4 Å². The van der Waals surface area contributed by atoms with E-state index in [4.69, 9.17) is 25.9 Å². The first kappa shape index (κ1) is 43.5. The third-order valence-electron chi connectivity index (χ3n) is 11.4. The maximum Gasteiger partial charge on any atom is 0.237 e. The smallest absolute Gasteiger partial charge is 0.237 e. The van der Waals surface area contributed by atoms with Crippen molar-refractivity contribution in [1.29, 1.82) is 0 Å². The maximum atomic E-state index is 14.9. The lowest BCUT2D eigenvalue weighted by molar-refractivity contribution is -0.123. The monoisotopic (exact) mass is 783 g/mol. The molecule has 0 bridgehead atoms. The molecule has 0 saturated heterocycles. The van der Waals surface area contributed by atoms with Crippen LogP contribution in [0.1, 0.15) is 110 Å². The van der Waals surface area contributed by atoms with Crippen molar-refractivity contribution in [1.82, 2.24) is 15.3 Å². The van der Waals surface area contributed by atoms with Crippen LogP contribution in [0.25, 0.3) is 11.0 Å². The highest BCUT2D eigenvalue weighted by Crippen LogP contribution is 2.34. The lowest BCUT2D eigenvalue weighted by Crippen LogP contribution is -2.50. The van der Waals surface area contributed by atoms with Crippen LogP contribution in [0.4, 0.5) is 0 Å². The number of ketones is 2. The van der Waals surface area contributed by atoms with Gasteiger partial charge in [0.25, 0.3) is 0 Å². The number of fused-ring (bicyclic) bond motifs is 1.